The van der Waals surface area contributed by atoms with Crippen LogP contribution in [0.15, 0.2) is 36.7 Å². The highest BCUT2D eigenvalue weighted by atomic mass is 32.1. The van der Waals surface area contributed by atoms with Gasteiger partial charge in [0.25, 0.3) is 0 Å². The van der Waals surface area contributed by atoms with E-state index in [1.165, 1.54) is 11.3 Å². The number of rotatable bonds is 3. The Hall–Kier alpha value is -2.68. The number of alkyl halides is 3. The summed E-state index contributed by atoms with van der Waals surface area (Å²) in [5.74, 6) is -1.01. The average Bonchev–Trinajstić information content (AvgIpc) is 2.87. The second kappa shape index (κ2) is 6.91. The summed E-state index contributed by atoms with van der Waals surface area (Å²) >= 11 is 1.46. The largest absolute Gasteiger partial charge is 0.416 e. The molecule has 0 spiro atoms. The van der Waals surface area contributed by atoms with Crippen LogP contribution in [0.3, 0.4) is 0 Å². The molecule has 0 radical (unpaired) electrons. The van der Waals surface area contributed by atoms with E-state index < -0.39 is 23.6 Å². The molecular formula is C17H13F4N3OS. The third kappa shape index (κ3) is 3.93. The number of halogens is 4. The number of hydrogen-bond acceptors (Lipinski definition) is 3. The van der Waals surface area contributed by atoms with Crippen molar-refractivity contribution in [3.05, 3.63) is 58.5 Å². The van der Waals surface area contributed by atoms with Crippen LogP contribution < -0.4 is 10.6 Å². The zero-order valence-electron chi connectivity index (χ0n) is 13.4. The Morgan fingerprint density at radius 2 is 2.04 bits per heavy atom. The number of anilines is 1. The number of thiophene rings is 1. The smallest absolute Gasteiger partial charge is 0.334 e. The SMILES string of the molecule is Cc1sc2cnccc2c1NC(=O)NCc1cc(F)cc(C(F)(F)F)c1. The number of benzene rings is 1. The number of fused-ring (bicyclic) bond motifs is 1. The number of carbonyl (C=O) groups excluding carboxylic acids is 1. The molecule has 0 unspecified atom stereocenters. The van der Waals surface area contributed by atoms with Gasteiger partial charge in [-0.05, 0) is 36.8 Å². The van der Waals surface area contributed by atoms with Gasteiger partial charge in [-0.25, -0.2) is 9.18 Å². The van der Waals surface area contributed by atoms with E-state index in [1.54, 1.807) is 18.5 Å². The standard InChI is InChI=1S/C17H13F4N3OS/c1-9-15(13-2-3-22-8-14(13)26-9)24-16(25)23-7-10-4-11(17(19,20)21)6-12(18)5-10/h2-6,8H,7H2,1H3,(H2,23,24,25). The zero-order valence-corrected chi connectivity index (χ0v) is 14.3. The van der Waals surface area contributed by atoms with Crippen molar-refractivity contribution in [3.63, 3.8) is 0 Å². The minimum absolute atomic E-state index is 0.0172. The van der Waals surface area contributed by atoms with Gasteiger partial charge in [-0.1, -0.05) is 0 Å². The predicted molar refractivity (Wildman–Crippen MR) is 91.6 cm³/mol. The first-order valence-electron chi connectivity index (χ1n) is 7.48. The predicted octanol–water partition coefficient (Wildman–Crippen LogP) is 5.08. The van der Waals surface area contributed by atoms with Crippen LogP contribution >= 0.6 is 11.3 Å². The molecule has 4 nitrogen and oxygen atoms in total. The maximum absolute atomic E-state index is 13.4. The number of hydrogen-bond donors (Lipinski definition) is 2. The van der Waals surface area contributed by atoms with Crippen LogP contribution in [0, 0.1) is 12.7 Å². The molecule has 0 fully saturated rings. The lowest BCUT2D eigenvalue weighted by atomic mass is 10.1. The van der Waals surface area contributed by atoms with Gasteiger partial charge in [0, 0.05) is 29.2 Å². The molecule has 3 aromatic rings. The third-order valence-electron chi connectivity index (χ3n) is 3.65. The fraction of sp³-hybridized carbons (Fsp3) is 0.176. The maximum Gasteiger partial charge on any atom is 0.416 e. The van der Waals surface area contributed by atoms with Gasteiger partial charge in [-0.2, -0.15) is 13.2 Å². The molecule has 0 saturated carbocycles. The van der Waals surface area contributed by atoms with Gasteiger partial charge in [-0.15, -0.1) is 11.3 Å². The van der Waals surface area contributed by atoms with Crippen LogP contribution in [0.25, 0.3) is 10.1 Å². The first kappa shape index (κ1) is 18.1. The minimum Gasteiger partial charge on any atom is -0.334 e. The first-order chi connectivity index (χ1) is 12.2. The molecule has 0 aliphatic heterocycles. The summed E-state index contributed by atoms with van der Waals surface area (Å²) in [4.78, 5) is 17.0. The molecule has 2 aromatic heterocycles. The Morgan fingerprint density at radius 1 is 1.27 bits per heavy atom. The second-order valence-electron chi connectivity index (χ2n) is 5.56. The summed E-state index contributed by atoms with van der Waals surface area (Å²) < 4.78 is 52.4. The summed E-state index contributed by atoms with van der Waals surface area (Å²) in [7, 11) is 0. The molecule has 3 rings (SSSR count). The average molecular weight is 383 g/mol. The number of carbonyl (C=O) groups is 1. The number of aryl methyl sites for hydroxylation is 1. The quantitative estimate of drug-likeness (QED) is 0.620. The molecule has 2 N–H and O–H groups in total. The van der Waals surface area contributed by atoms with Gasteiger partial charge in [0.2, 0.25) is 0 Å². The molecule has 136 valence electrons. The van der Waals surface area contributed by atoms with Crippen molar-refractivity contribution in [2.24, 2.45) is 0 Å². The Kier molecular flexibility index (Phi) is 4.82. The fourth-order valence-electron chi connectivity index (χ4n) is 2.48. The summed E-state index contributed by atoms with van der Waals surface area (Å²) in [6.45, 7) is 1.60. The number of aromatic nitrogens is 1. The van der Waals surface area contributed by atoms with Crippen molar-refractivity contribution in [1.82, 2.24) is 10.3 Å². The van der Waals surface area contributed by atoms with Crippen LogP contribution in [-0.4, -0.2) is 11.0 Å². The van der Waals surface area contributed by atoms with Crippen LogP contribution in [0.5, 0.6) is 0 Å². The van der Waals surface area contributed by atoms with Crippen molar-refractivity contribution in [3.8, 4) is 0 Å². The monoisotopic (exact) mass is 383 g/mol. The van der Waals surface area contributed by atoms with E-state index in [2.05, 4.69) is 15.6 Å². The van der Waals surface area contributed by atoms with Gasteiger partial charge >= 0.3 is 12.2 Å². The van der Waals surface area contributed by atoms with Gasteiger partial charge in [0.1, 0.15) is 5.82 Å². The summed E-state index contributed by atoms with van der Waals surface area (Å²) in [5.41, 5.74) is -0.467. The number of nitrogens with one attached hydrogen (secondary N) is 2. The fourth-order valence-corrected chi connectivity index (χ4v) is 3.47. The van der Waals surface area contributed by atoms with E-state index in [0.717, 1.165) is 27.1 Å². The van der Waals surface area contributed by atoms with E-state index in [1.807, 2.05) is 6.92 Å². The van der Waals surface area contributed by atoms with Gasteiger partial charge in [0.05, 0.1) is 16.0 Å². The van der Waals surface area contributed by atoms with Gasteiger partial charge < -0.3 is 10.6 Å². The highest BCUT2D eigenvalue weighted by molar-refractivity contribution is 7.19. The Labute approximate surface area is 149 Å². The van der Waals surface area contributed by atoms with Crippen molar-refractivity contribution >= 4 is 33.1 Å². The Morgan fingerprint density at radius 3 is 2.77 bits per heavy atom. The molecular weight excluding hydrogens is 370 g/mol. The molecule has 2 heterocycles. The van der Waals surface area contributed by atoms with E-state index in [9.17, 15) is 22.4 Å². The third-order valence-corrected chi connectivity index (χ3v) is 4.70. The molecule has 2 amide bonds. The van der Waals surface area contributed by atoms with Crippen molar-refractivity contribution in [1.29, 1.82) is 0 Å². The normalized spacial score (nSPS) is 11.6. The van der Waals surface area contributed by atoms with Crippen molar-refractivity contribution in [2.75, 3.05) is 5.32 Å². The summed E-state index contributed by atoms with van der Waals surface area (Å²) in [6.07, 6.45) is -1.37. The molecule has 0 aliphatic rings. The van der Waals surface area contributed by atoms with E-state index in [4.69, 9.17) is 0 Å². The van der Waals surface area contributed by atoms with Crippen LogP contribution in [-0.2, 0) is 12.7 Å². The molecule has 26 heavy (non-hydrogen) atoms. The molecule has 0 atom stereocenters. The van der Waals surface area contributed by atoms with Crippen LogP contribution in [0.1, 0.15) is 16.0 Å². The topological polar surface area (TPSA) is 54.0 Å². The number of amides is 2. The highest BCUT2D eigenvalue weighted by Gasteiger charge is 2.31. The lowest BCUT2D eigenvalue weighted by Gasteiger charge is -2.11. The van der Waals surface area contributed by atoms with Gasteiger partial charge in [0.15, 0.2) is 0 Å². The molecule has 1 aromatic carbocycles. The highest BCUT2D eigenvalue weighted by Crippen LogP contribution is 2.34. The first-order valence-corrected chi connectivity index (χ1v) is 8.30. The molecule has 0 aliphatic carbocycles. The molecule has 0 saturated heterocycles. The maximum atomic E-state index is 13.4. The number of pyridine rings is 1. The van der Waals surface area contributed by atoms with E-state index >= 15 is 0 Å². The lowest BCUT2D eigenvalue weighted by molar-refractivity contribution is -0.137. The summed E-state index contributed by atoms with van der Waals surface area (Å²) in [5, 5.41) is 5.94. The van der Waals surface area contributed by atoms with Crippen LogP contribution in [0.2, 0.25) is 0 Å². The second-order valence-corrected chi connectivity index (χ2v) is 6.81. The molecule has 0 bridgehead atoms. The minimum atomic E-state index is -4.65. The van der Waals surface area contributed by atoms with Crippen molar-refractivity contribution < 1.29 is 22.4 Å². The van der Waals surface area contributed by atoms with E-state index in [0.29, 0.717) is 11.8 Å². The van der Waals surface area contributed by atoms with E-state index in [-0.39, 0.29) is 12.1 Å². The Bertz CT molecular complexity index is 968. The number of urea groups is 1. The lowest BCUT2D eigenvalue weighted by Crippen LogP contribution is -2.28. The van der Waals surface area contributed by atoms with Crippen LogP contribution in [0.4, 0.5) is 28.0 Å². The zero-order chi connectivity index (χ0) is 18.9. The Balaban J connectivity index is 1.71. The summed E-state index contributed by atoms with van der Waals surface area (Å²) in [6, 6.07) is 3.34. The number of nitrogens with zero attached hydrogens (tertiary/aromatic N) is 1. The van der Waals surface area contributed by atoms with Crippen molar-refractivity contribution in [2.45, 2.75) is 19.6 Å². The van der Waals surface area contributed by atoms with Gasteiger partial charge in [-0.3, -0.25) is 4.98 Å². The molecule has 9 heteroatoms.